The van der Waals surface area contributed by atoms with E-state index in [1.807, 2.05) is 18.2 Å². The Labute approximate surface area is 206 Å². The summed E-state index contributed by atoms with van der Waals surface area (Å²) >= 11 is 4.77. The first-order chi connectivity index (χ1) is 16.5. The van der Waals surface area contributed by atoms with Gasteiger partial charge in [-0.2, -0.15) is 10.1 Å². The summed E-state index contributed by atoms with van der Waals surface area (Å²) in [5, 5.41) is 6.37. The summed E-state index contributed by atoms with van der Waals surface area (Å²) in [5.41, 5.74) is 1.58. The van der Waals surface area contributed by atoms with Gasteiger partial charge < -0.3 is 9.15 Å². The molecule has 0 bridgehead atoms. The van der Waals surface area contributed by atoms with Gasteiger partial charge in [-0.3, -0.25) is 9.59 Å². The number of methoxy groups -OCH3 is 1. The highest BCUT2D eigenvalue weighted by atomic mass is 79.9. The molecule has 1 amide bonds. The maximum atomic E-state index is 13.4. The summed E-state index contributed by atoms with van der Waals surface area (Å²) < 4.78 is 12.5. The van der Waals surface area contributed by atoms with Gasteiger partial charge in [-0.15, -0.1) is 0 Å². The number of hydrogen-bond acceptors (Lipinski definition) is 7. The van der Waals surface area contributed by atoms with Crippen molar-refractivity contribution < 1.29 is 13.9 Å². The minimum absolute atomic E-state index is 0.218. The van der Waals surface area contributed by atoms with E-state index in [1.165, 1.54) is 28.8 Å². The van der Waals surface area contributed by atoms with E-state index in [0.29, 0.717) is 27.4 Å². The monoisotopic (exact) mass is 533 g/mol. The maximum Gasteiger partial charge on any atom is 0.280 e. The molecule has 0 spiro atoms. The highest BCUT2D eigenvalue weighted by Crippen LogP contribution is 2.32. The van der Waals surface area contributed by atoms with Gasteiger partial charge in [0.05, 0.1) is 34.5 Å². The van der Waals surface area contributed by atoms with Gasteiger partial charge in [-0.25, -0.2) is 4.98 Å². The van der Waals surface area contributed by atoms with Gasteiger partial charge >= 0.3 is 0 Å². The normalized spacial score (nSPS) is 11.4. The number of nitrogens with zero attached hydrogens (tertiary/aromatic N) is 3. The number of thiazole rings is 1. The van der Waals surface area contributed by atoms with E-state index in [2.05, 4.69) is 26.0 Å². The molecular weight excluding hydrogens is 518 g/mol. The Hall–Kier alpha value is -3.82. The number of carbonyl (C=O) groups is 1. The van der Waals surface area contributed by atoms with Gasteiger partial charge in [0.2, 0.25) is 10.6 Å². The molecule has 2 heterocycles. The predicted octanol–water partition coefficient (Wildman–Crippen LogP) is 5.85. The Morgan fingerprint density at radius 3 is 2.74 bits per heavy atom. The highest BCUT2D eigenvalue weighted by Gasteiger charge is 2.21. The van der Waals surface area contributed by atoms with Crippen LogP contribution in [0, 0.1) is 0 Å². The number of benzene rings is 3. The van der Waals surface area contributed by atoms with E-state index in [0.717, 1.165) is 14.7 Å². The third-order valence-electron chi connectivity index (χ3n) is 5.07. The second-order valence-corrected chi connectivity index (χ2v) is 9.14. The molecule has 0 saturated carbocycles. The molecule has 5 aromatic rings. The summed E-state index contributed by atoms with van der Waals surface area (Å²) in [6.45, 7) is 0. The molecule has 0 aliphatic rings. The van der Waals surface area contributed by atoms with Gasteiger partial charge in [-0.1, -0.05) is 39.4 Å². The molecule has 5 rings (SSSR count). The number of fused-ring (bicyclic) bond motifs is 2. The van der Waals surface area contributed by atoms with E-state index in [9.17, 15) is 9.59 Å². The Bertz CT molecular complexity index is 1610. The third kappa shape index (κ3) is 4.23. The zero-order valence-electron chi connectivity index (χ0n) is 17.8. The number of para-hydroxylation sites is 1. The lowest BCUT2D eigenvalue weighted by molar-refractivity contribution is 0.0988. The van der Waals surface area contributed by atoms with Crippen LogP contribution in [0.5, 0.6) is 5.75 Å². The van der Waals surface area contributed by atoms with Crippen LogP contribution in [0.3, 0.4) is 0 Å². The van der Waals surface area contributed by atoms with Crippen LogP contribution >= 0.6 is 27.3 Å². The van der Waals surface area contributed by atoms with E-state index in [4.69, 9.17) is 9.15 Å². The fourth-order valence-electron chi connectivity index (χ4n) is 3.32. The zero-order valence-corrected chi connectivity index (χ0v) is 20.2. The van der Waals surface area contributed by atoms with E-state index in [-0.39, 0.29) is 11.0 Å². The molecule has 0 aliphatic heterocycles. The average Bonchev–Trinajstić information content (AvgIpc) is 3.28. The molecule has 7 nitrogen and oxygen atoms in total. The van der Waals surface area contributed by atoms with Crippen molar-refractivity contribution in [3.8, 4) is 5.75 Å². The predicted molar refractivity (Wildman–Crippen MR) is 137 cm³/mol. The minimum Gasteiger partial charge on any atom is -0.497 e. The van der Waals surface area contributed by atoms with E-state index in [1.54, 1.807) is 55.6 Å². The summed E-state index contributed by atoms with van der Waals surface area (Å²) in [4.78, 5) is 30.9. The van der Waals surface area contributed by atoms with Crippen molar-refractivity contribution in [3.05, 3.63) is 98.8 Å². The molecule has 0 radical (unpaired) electrons. The average molecular weight is 534 g/mol. The Morgan fingerprint density at radius 2 is 1.94 bits per heavy atom. The van der Waals surface area contributed by atoms with Crippen molar-refractivity contribution in [2.75, 3.05) is 12.1 Å². The Balaban J connectivity index is 1.59. The smallest absolute Gasteiger partial charge is 0.280 e. The van der Waals surface area contributed by atoms with Crippen molar-refractivity contribution in [1.82, 2.24) is 4.98 Å². The lowest BCUT2D eigenvalue weighted by Gasteiger charge is -2.14. The molecule has 0 N–H and O–H groups in total. The summed E-state index contributed by atoms with van der Waals surface area (Å²) in [6, 6.07) is 19.3. The molecule has 168 valence electrons. The lowest BCUT2D eigenvalue weighted by Crippen LogP contribution is -2.26. The first-order valence-electron chi connectivity index (χ1n) is 10.1. The number of rotatable bonds is 5. The molecule has 34 heavy (non-hydrogen) atoms. The number of carbonyl (C=O) groups excluding carboxylic acids is 1. The molecule has 3 aromatic carbocycles. The Kier molecular flexibility index (Phi) is 5.95. The fourth-order valence-corrected chi connectivity index (χ4v) is 4.80. The van der Waals surface area contributed by atoms with Crippen LogP contribution in [0.25, 0.3) is 21.2 Å². The molecule has 0 atom stereocenters. The van der Waals surface area contributed by atoms with Crippen LogP contribution in [0.4, 0.5) is 5.13 Å². The minimum atomic E-state index is -0.401. The zero-order chi connectivity index (χ0) is 23.7. The van der Waals surface area contributed by atoms with Crippen LogP contribution in [0.1, 0.15) is 15.9 Å². The van der Waals surface area contributed by atoms with Crippen molar-refractivity contribution >= 4 is 65.7 Å². The fraction of sp³-hybridized carbons (Fsp3) is 0.0400. The lowest BCUT2D eigenvalue weighted by atomic mass is 10.2. The van der Waals surface area contributed by atoms with Crippen molar-refractivity contribution in [2.45, 2.75) is 0 Å². The highest BCUT2D eigenvalue weighted by molar-refractivity contribution is 9.10. The van der Waals surface area contributed by atoms with Crippen LogP contribution in [-0.2, 0) is 0 Å². The second-order valence-electron chi connectivity index (χ2n) is 7.21. The van der Waals surface area contributed by atoms with Gasteiger partial charge in [0.15, 0.2) is 0 Å². The largest absolute Gasteiger partial charge is 0.497 e. The SMILES string of the molecule is COc1ccc(C(=O)N(/N=C/c2coc3ccccc3c2=O)c2nc3ccc(Br)cc3s2)cc1. The molecule has 0 aliphatic carbocycles. The van der Waals surface area contributed by atoms with Crippen molar-refractivity contribution in [1.29, 1.82) is 0 Å². The molecule has 0 unspecified atom stereocenters. The van der Waals surface area contributed by atoms with Gasteiger partial charge in [0.1, 0.15) is 17.6 Å². The number of hydrogen-bond donors (Lipinski definition) is 0. The number of anilines is 1. The van der Waals surface area contributed by atoms with E-state index >= 15 is 0 Å². The van der Waals surface area contributed by atoms with Crippen LogP contribution < -0.4 is 15.2 Å². The third-order valence-corrected chi connectivity index (χ3v) is 6.56. The molecular formula is C25H16BrN3O4S. The number of halogens is 1. The van der Waals surface area contributed by atoms with Crippen molar-refractivity contribution in [2.24, 2.45) is 5.10 Å². The van der Waals surface area contributed by atoms with Crippen LogP contribution in [-0.4, -0.2) is 24.2 Å². The molecule has 2 aromatic heterocycles. The first kappa shape index (κ1) is 22.0. The van der Waals surface area contributed by atoms with Crippen molar-refractivity contribution in [3.63, 3.8) is 0 Å². The number of ether oxygens (including phenoxy) is 1. The quantitative estimate of drug-likeness (QED) is 0.209. The van der Waals surface area contributed by atoms with Crippen LogP contribution in [0.2, 0.25) is 0 Å². The summed E-state index contributed by atoms with van der Waals surface area (Å²) in [7, 11) is 1.56. The van der Waals surface area contributed by atoms with E-state index < -0.39 is 5.91 Å². The van der Waals surface area contributed by atoms with Gasteiger partial charge in [-0.05, 0) is 54.6 Å². The first-order valence-corrected chi connectivity index (χ1v) is 11.7. The standard InChI is InChI=1S/C25H16BrN3O4S/c1-32-18-9-6-15(7-10-18)24(31)29(25-28-20-11-8-17(26)12-22(20)34-25)27-13-16-14-33-21-5-3-2-4-19(21)23(16)30/h2-14H,1H3/b27-13+. The molecule has 0 fully saturated rings. The topological polar surface area (TPSA) is 85.0 Å². The second kappa shape index (κ2) is 9.20. The number of hydrazone groups is 1. The number of amides is 1. The van der Waals surface area contributed by atoms with Gasteiger partial charge in [0.25, 0.3) is 5.91 Å². The van der Waals surface area contributed by atoms with Gasteiger partial charge in [0, 0.05) is 10.0 Å². The Morgan fingerprint density at radius 1 is 1.15 bits per heavy atom. The molecule has 0 saturated heterocycles. The molecule has 9 heteroatoms. The maximum absolute atomic E-state index is 13.4. The summed E-state index contributed by atoms with van der Waals surface area (Å²) in [5.74, 6) is 0.229. The number of aromatic nitrogens is 1. The summed E-state index contributed by atoms with van der Waals surface area (Å²) in [6.07, 6.45) is 2.65. The van der Waals surface area contributed by atoms with Crippen LogP contribution in [0.15, 0.2) is 91.8 Å².